The SMILES string of the molecule is Cc1ccc(C(=O)NCCNCC(C)O)cc1Br. The number of aliphatic hydroxyl groups excluding tert-OH is 1. The second-order valence-corrected chi connectivity index (χ2v) is 5.13. The number of benzene rings is 1. The minimum Gasteiger partial charge on any atom is -0.392 e. The zero-order valence-corrected chi connectivity index (χ0v) is 12.3. The quantitative estimate of drug-likeness (QED) is 0.697. The topological polar surface area (TPSA) is 61.4 Å². The van der Waals surface area contributed by atoms with Crippen molar-refractivity contribution in [3.8, 4) is 0 Å². The van der Waals surface area contributed by atoms with Crippen LogP contribution in [0.1, 0.15) is 22.8 Å². The van der Waals surface area contributed by atoms with Crippen LogP contribution >= 0.6 is 15.9 Å². The number of rotatable bonds is 6. The molecule has 0 heterocycles. The van der Waals surface area contributed by atoms with Gasteiger partial charge in [0, 0.05) is 29.7 Å². The molecule has 1 aromatic rings. The fourth-order valence-corrected chi connectivity index (χ4v) is 1.79. The van der Waals surface area contributed by atoms with Crippen LogP contribution < -0.4 is 10.6 Å². The molecular formula is C13H19BrN2O2. The summed E-state index contributed by atoms with van der Waals surface area (Å²) < 4.78 is 0.933. The van der Waals surface area contributed by atoms with E-state index in [1.165, 1.54) is 0 Å². The molecular weight excluding hydrogens is 296 g/mol. The van der Waals surface area contributed by atoms with Crippen molar-refractivity contribution in [3.05, 3.63) is 33.8 Å². The van der Waals surface area contributed by atoms with Crippen molar-refractivity contribution in [2.45, 2.75) is 20.0 Å². The normalized spacial score (nSPS) is 12.2. The largest absolute Gasteiger partial charge is 0.392 e. The van der Waals surface area contributed by atoms with Gasteiger partial charge in [-0.3, -0.25) is 4.79 Å². The number of hydrogen-bond donors (Lipinski definition) is 3. The van der Waals surface area contributed by atoms with Crippen LogP contribution in [0.15, 0.2) is 22.7 Å². The summed E-state index contributed by atoms with van der Waals surface area (Å²) in [6.45, 7) is 5.41. The molecule has 0 aliphatic carbocycles. The van der Waals surface area contributed by atoms with Gasteiger partial charge in [-0.2, -0.15) is 0 Å². The molecule has 1 atom stereocenters. The van der Waals surface area contributed by atoms with Gasteiger partial charge >= 0.3 is 0 Å². The van der Waals surface area contributed by atoms with Crippen molar-refractivity contribution in [1.29, 1.82) is 0 Å². The van der Waals surface area contributed by atoms with E-state index >= 15 is 0 Å². The molecule has 4 nitrogen and oxygen atoms in total. The maximum absolute atomic E-state index is 11.8. The summed E-state index contributed by atoms with van der Waals surface area (Å²) >= 11 is 3.40. The van der Waals surface area contributed by atoms with Crippen molar-refractivity contribution < 1.29 is 9.90 Å². The Bertz CT molecular complexity index is 408. The molecule has 1 rings (SSSR count). The lowest BCUT2D eigenvalue weighted by Crippen LogP contribution is -2.34. The average molecular weight is 315 g/mol. The molecule has 1 amide bonds. The summed E-state index contributed by atoms with van der Waals surface area (Å²) in [5, 5.41) is 14.9. The molecule has 100 valence electrons. The summed E-state index contributed by atoms with van der Waals surface area (Å²) in [4.78, 5) is 11.8. The number of hydrogen-bond acceptors (Lipinski definition) is 3. The van der Waals surface area contributed by atoms with E-state index in [1.807, 2.05) is 19.1 Å². The highest BCUT2D eigenvalue weighted by Gasteiger charge is 2.06. The lowest BCUT2D eigenvalue weighted by atomic mass is 10.1. The van der Waals surface area contributed by atoms with Gasteiger partial charge in [0.15, 0.2) is 0 Å². The van der Waals surface area contributed by atoms with E-state index in [0.717, 1.165) is 10.0 Å². The van der Waals surface area contributed by atoms with Crippen LogP contribution in [0.2, 0.25) is 0 Å². The van der Waals surface area contributed by atoms with E-state index in [4.69, 9.17) is 5.11 Å². The van der Waals surface area contributed by atoms with E-state index in [0.29, 0.717) is 25.2 Å². The van der Waals surface area contributed by atoms with Gasteiger partial charge in [-0.1, -0.05) is 22.0 Å². The number of amides is 1. The molecule has 0 radical (unpaired) electrons. The zero-order valence-electron chi connectivity index (χ0n) is 10.7. The minimum atomic E-state index is -0.367. The Hall–Kier alpha value is -0.910. The second-order valence-electron chi connectivity index (χ2n) is 4.27. The van der Waals surface area contributed by atoms with Gasteiger partial charge in [-0.05, 0) is 31.5 Å². The lowest BCUT2D eigenvalue weighted by Gasteiger charge is -2.09. The van der Waals surface area contributed by atoms with Gasteiger partial charge in [0.1, 0.15) is 0 Å². The van der Waals surface area contributed by atoms with E-state index in [2.05, 4.69) is 26.6 Å². The molecule has 0 bridgehead atoms. The number of nitrogens with one attached hydrogen (secondary N) is 2. The Balaban J connectivity index is 2.34. The molecule has 5 heteroatoms. The molecule has 0 aliphatic rings. The first-order valence-electron chi connectivity index (χ1n) is 5.94. The van der Waals surface area contributed by atoms with Crippen molar-refractivity contribution in [1.82, 2.24) is 10.6 Å². The molecule has 0 fully saturated rings. The van der Waals surface area contributed by atoms with Gasteiger partial charge in [0.05, 0.1) is 6.10 Å². The van der Waals surface area contributed by atoms with Crippen LogP contribution in [-0.4, -0.2) is 36.8 Å². The van der Waals surface area contributed by atoms with Gasteiger partial charge in [-0.25, -0.2) is 0 Å². The van der Waals surface area contributed by atoms with E-state index in [1.54, 1.807) is 13.0 Å². The van der Waals surface area contributed by atoms with Gasteiger partial charge in [0.25, 0.3) is 5.91 Å². The highest BCUT2D eigenvalue weighted by molar-refractivity contribution is 9.10. The van der Waals surface area contributed by atoms with Crippen LogP contribution in [0.5, 0.6) is 0 Å². The van der Waals surface area contributed by atoms with E-state index in [-0.39, 0.29) is 12.0 Å². The number of carbonyl (C=O) groups excluding carboxylic acids is 1. The third kappa shape index (κ3) is 5.16. The first-order valence-corrected chi connectivity index (χ1v) is 6.73. The minimum absolute atomic E-state index is 0.0884. The Labute approximate surface area is 116 Å². The Kier molecular flexibility index (Phi) is 6.32. The molecule has 0 aliphatic heterocycles. The third-order valence-corrected chi connectivity index (χ3v) is 3.32. The Morgan fingerprint density at radius 1 is 1.44 bits per heavy atom. The smallest absolute Gasteiger partial charge is 0.251 e. The van der Waals surface area contributed by atoms with Crippen LogP contribution in [-0.2, 0) is 0 Å². The van der Waals surface area contributed by atoms with Crippen LogP contribution in [0.3, 0.4) is 0 Å². The first-order chi connectivity index (χ1) is 8.50. The number of aryl methyl sites for hydroxylation is 1. The van der Waals surface area contributed by atoms with Gasteiger partial charge in [-0.15, -0.1) is 0 Å². The summed E-state index contributed by atoms with van der Waals surface area (Å²) in [5.41, 5.74) is 1.74. The third-order valence-electron chi connectivity index (χ3n) is 2.46. The van der Waals surface area contributed by atoms with Crippen molar-refractivity contribution in [2.24, 2.45) is 0 Å². The average Bonchev–Trinajstić information content (AvgIpc) is 2.31. The Morgan fingerprint density at radius 3 is 2.78 bits per heavy atom. The lowest BCUT2D eigenvalue weighted by molar-refractivity contribution is 0.0953. The van der Waals surface area contributed by atoms with E-state index < -0.39 is 0 Å². The maximum Gasteiger partial charge on any atom is 0.251 e. The summed E-state index contributed by atoms with van der Waals surface area (Å²) in [6.07, 6.45) is -0.367. The monoisotopic (exact) mass is 314 g/mol. The van der Waals surface area contributed by atoms with Gasteiger partial charge in [0.2, 0.25) is 0 Å². The van der Waals surface area contributed by atoms with E-state index in [9.17, 15) is 4.79 Å². The fraction of sp³-hybridized carbons (Fsp3) is 0.462. The summed E-state index contributed by atoms with van der Waals surface area (Å²) in [6, 6.07) is 5.53. The standard InChI is InChI=1S/C13H19BrN2O2/c1-9-3-4-11(7-12(9)14)13(18)16-6-5-15-8-10(2)17/h3-4,7,10,15,17H,5-6,8H2,1-2H3,(H,16,18). The van der Waals surface area contributed by atoms with Gasteiger partial charge < -0.3 is 15.7 Å². The summed E-state index contributed by atoms with van der Waals surface area (Å²) in [5.74, 6) is -0.0884. The molecule has 1 aromatic carbocycles. The highest BCUT2D eigenvalue weighted by atomic mass is 79.9. The van der Waals surface area contributed by atoms with Crippen LogP contribution in [0.4, 0.5) is 0 Å². The second kappa shape index (κ2) is 7.51. The van der Waals surface area contributed by atoms with Crippen molar-refractivity contribution in [2.75, 3.05) is 19.6 Å². The molecule has 0 aromatic heterocycles. The molecule has 1 unspecified atom stereocenters. The molecule has 0 saturated heterocycles. The fourth-order valence-electron chi connectivity index (χ4n) is 1.41. The molecule has 3 N–H and O–H groups in total. The maximum atomic E-state index is 11.8. The molecule has 0 saturated carbocycles. The van der Waals surface area contributed by atoms with Crippen LogP contribution in [0.25, 0.3) is 0 Å². The number of aliphatic hydroxyl groups is 1. The molecule has 18 heavy (non-hydrogen) atoms. The molecule has 0 spiro atoms. The Morgan fingerprint density at radius 2 is 2.17 bits per heavy atom. The van der Waals surface area contributed by atoms with Crippen molar-refractivity contribution >= 4 is 21.8 Å². The first kappa shape index (κ1) is 15.1. The zero-order chi connectivity index (χ0) is 13.5. The number of halogens is 1. The van der Waals surface area contributed by atoms with Crippen LogP contribution in [0, 0.1) is 6.92 Å². The highest BCUT2D eigenvalue weighted by Crippen LogP contribution is 2.17. The van der Waals surface area contributed by atoms with Crippen molar-refractivity contribution in [3.63, 3.8) is 0 Å². The summed E-state index contributed by atoms with van der Waals surface area (Å²) in [7, 11) is 0. The number of carbonyl (C=O) groups is 1. The predicted molar refractivity (Wildman–Crippen MR) is 75.8 cm³/mol. The predicted octanol–water partition coefficient (Wildman–Crippen LogP) is 1.46.